The van der Waals surface area contributed by atoms with Gasteiger partial charge in [-0.2, -0.15) is 0 Å². The number of Topliss-reactive ketones (excluding diaryl/α,β-unsaturated/α-hetero) is 1. The van der Waals surface area contributed by atoms with E-state index in [1.807, 2.05) is 53.4 Å². The van der Waals surface area contributed by atoms with E-state index in [2.05, 4.69) is 6.07 Å². The quantitative estimate of drug-likeness (QED) is 0.419. The molecule has 1 aliphatic rings. The van der Waals surface area contributed by atoms with Gasteiger partial charge in [-0.15, -0.1) is 22.7 Å². The molecule has 0 fully saturated rings. The topological polar surface area (TPSA) is 50.3 Å². The van der Waals surface area contributed by atoms with Crippen molar-refractivity contribution in [2.75, 3.05) is 6.54 Å². The molecule has 3 heterocycles. The molecule has 0 saturated carbocycles. The molecule has 2 aromatic carbocycles. The molecule has 2 aromatic heterocycles. The van der Waals surface area contributed by atoms with Crippen molar-refractivity contribution in [3.05, 3.63) is 75.5 Å². The van der Waals surface area contributed by atoms with Crippen molar-refractivity contribution >= 4 is 44.6 Å². The van der Waals surface area contributed by atoms with Gasteiger partial charge in [-0.3, -0.25) is 9.59 Å². The maximum absolute atomic E-state index is 12.9. The Morgan fingerprint density at radius 3 is 2.55 bits per heavy atom. The Labute approximate surface area is 189 Å². The monoisotopic (exact) mass is 446 g/mol. The largest absolute Gasteiger partial charge is 0.337 e. The molecule has 0 radical (unpaired) electrons. The Morgan fingerprint density at radius 2 is 1.77 bits per heavy atom. The van der Waals surface area contributed by atoms with Crippen LogP contribution in [0, 0.1) is 0 Å². The van der Waals surface area contributed by atoms with E-state index in [1.165, 1.54) is 10.4 Å². The molecule has 4 nitrogen and oxygen atoms in total. The van der Waals surface area contributed by atoms with E-state index < -0.39 is 0 Å². The van der Waals surface area contributed by atoms with E-state index in [9.17, 15) is 9.59 Å². The summed E-state index contributed by atoms with van der Waals surface area (Å²) in [6, 6.07) is 18.1. The molecule has 31 heavy (non-hydrogen) atoms. The zero-order valence-electron chi connectivity index (χ0n) is 17.3. The Bertz CT molecular complexity index is 1240. The van der Waals surface area contributed by atoms with Gasteiger partial charge in [-0.1, -0.05) is 42.5 Å². The molecule has 0 spiro atoms. The van der Waals surface area contributed by atoms with Gasteiger partial charge in [0.05, 0.1) is 16.8 Å². The second-order valence-corrected chi connectivity index (χ2v) is 10.1. The van der Waals surface area contributed by atoms with Crippen molar-refractivity contribution in [3.63, 3.8) is 0 Å². The highest BCUT2D eigenvalue weighted by molar-refractivity contribution is 7.22. The van der Waals surface area contributed by atoms with Gasteiger partial charge in [0.1, 0.15) is 10.8 Å². The lowest BCUT2D eigenvalue weighted by atomic mass is 9.99. The average molecular weight is 447 g/mol. The minimum Gasteiger partial charge on any atom is -0.337 e. The first-order chi connectivity index (χ1) is 15.1. The van der Waals surface area contributed by atoms with Crippen molar-refractivity contribution in [2.45, 2.75) is 32.7 Å². The molecule has 156 valence electrons. The summed E-state index contributed by atoms with van der Waals surface area (Å²) in [7, 11) is 0. The third kappa shape index (κ3) is 4.05. The van der Waals surface area contributed by atoms with Crippen molar-refractivity contribution < 1.29 is 9.59 Å². The summed E-state index contributed by atoms with van der Waals surface area (Å²) in [5.41, 5.74) is 4.43. The number of hydrogen-bond donors (Lipinski definition) is 0. The number of rotatable bonds is 5. The Morgan fingerprint density at radius 1 is 1.00 bits per heavy atom. The lowest BCUT2D eigenvalue weighted by Crippen LogP contribution is -2.33. The summed E-state index contributed by atoms with van der Waals surface area (Å²) < 4.78 is 1.15. The predicted molar refractivity (Wildman–Crippen MR) is 127 cm³/mol. The molecule has 6 heteroatoms. The van der Waals surface area contributed by atoms with Gasteiger partial charge < -0.3 is 4.90 Å². The summed E-state index contributed by atoms with van der Waals surface area (Å²) in [5, 5.41) is 0.984. The Balaban J connectivity index is 1.53. The maximum Gasteiger partial charge on any atom is 0.219 e. The molecule has 1 amide bonds. The normalized spacial score (nSPS) is 13.4. The van der Waals surface area contributed by atoms with Gasteiger partial charge in [-0.05, 0) is 29.7 Å². The van der Waals surface area contributed by atoms with Crippen LogP contribution in [0.2, 0.25) is 0 Å². The summed E-state index contributed by atoms with van der Waals surface area (Å²) in [6.45, 7) is 2.96. The second kappa shape index (κ2) is 8.36. The first kappa shape index (κ1) is 20.1. The Kier molecular flexibility index (Phi) is 5.42. The minimum absolute atomic E-state index is 0.0993. The number of hydrogen-bond acceptors (Lipinski definition) is 5. The van der Waals surface area contributed by atoms with Gasteiger partial charge >= 0.3 is 0 Å². The van der Waals surface area contributed by atoms with Crippen molar-refractivity contribution in [3.8, 4) is 10.6 Å². The van der Waals surface area contributed by atoms with Crippen molar-refractivity contribution in [2.24, 2.45) is 0 Å². The molecule has 0 aliphatic carbocycles. The number of fused-ring (bicyclic) bond motifs is 2. The van der Waals surface area contributed by atoms with Crippen LogP contribution in [0.25, 0.3) is 20.8 Å². The zero-order valence-corrected chi connectivity index (χ0v) is 18.9. The van der Waals surface area contributed by atoms with Crippen LogP contribution in [0.15, 0.2) is 54.6 Å². The summed E-state index contributed by atoms with van der Waals surface area (Å²) in [6.07, 6.45) is 1.64. The van der Waals surface area contributed by atoms with Crippen LogP contribution in [0.1, 0.15) is 27.8 Å². The van der Waals surface area contributed by atoms with Crippen LogP contribution < -0.4 is 0 Å². The molecule has 0 unspecified atom stereocenters. The number of thiophene rings is 1. The van der Waals surface area contributed by atoms with Crippen LogP contribution in [0.3, 0.4) is 0 Å². The fraction of sp³-hybridized carbons (Fsp3) is 0.240. The highest BCUT2D eigenvalue weighted by Crippen LogP contribution is 2.43. The number of ketones is 1. The molecule has 4 aromatic rings. The predicted octanol–water partition coefficient (Wildman–Crippen LogP) is 5.28. The molecule has 0 N–H and O–H groups in total. The van der Waals surface area contributed by atoms with Crippen molar-refractivity contribution in [1.82, 2.24) is 9.88 Å². The number of benzene rings is 2. The molecule has 5 rings (SSSR count). The smallest absolute Gasteiger partial charge is 0.219 e. The molecule has 0 saturated heterocycles. The number of para-hydroxylation sites is 1. The van der Waals surface area contributed by atoms with Gasteiger partial charge in [0.15, 0.2) is 0 Å². The number of carbonyl (C=O) groups is 2. The Hall–Kier alpha value is -2.83. The van der Waals surface area contributed by atoms with Crippen LogP contribution in [-0.4, -0.2) is 28.1 Å². The van der Waals surface area contributed by atoms with E-state index in [-0.39, 0.29) is 11.7 Å². The third-order valence-corrected chi connectivity index (χ3v) is 7.96. The maximum atomic E-state index is 12.9. The van der Waals surface area contributed by atoms with Crippen LogP contribution >= 0.6 is 22.7 Å². The SMILES string of the molecule is CC(=O)N1CCc2c(sc(CC(=O)Cc3ccccc3)c2-c2nc3ccccc3s2)C1. The van der Waals surface area contributed by atoms with E-state index in [0.717, 1.165) is 37.6 Å². The van der Waals surface area contributed by atoms with E-state index in [4.69, 9.17) is 4.98 Å². The number of aromatic nitrogens is 1. The average Bonchev–Trinajstić information content (AvgIpc) is 3.34. The number of carbonyl (C=O) groups excluding carboxylic acids is 2. The fourth-order valence-electron chi connectivity index (χ4n) is 4.15. The molecular weight excluding hydrogens is 424 g/mol. The lowest BCUT2D eigenvalue weighted by molar-refractivity contribution is -0.129. The summed E-state index contributed by atoms with van der Waals surface area (Å²) in [4.78, 5) is 33.9. The van der Waals surface area contributed by atoms with Crippen LogP contribution in [-0.2, 0) is 35.4 Å². The third-order valence-electron chi connectivity index (χ3n) is 5.68. The summed E-state index contributed by atoms with van der Waals surface area (Å²) >= 11 is 3.36. The standard InChI is InChI=1S/C25H22N2O2S2/c1-16(28)27-12-11-19-23(15-27)30-22(14-18(29)13-17-7-3-2-4-8-17)24(19)25-26-20-9-5-6-10-21(20)31-25/h2-10H,11-15H2,1H3. The van der Waals surface area contributed by atoms with Gasteiger partial charge in [0.25, 0.3) is 0 Å². The number of amides is 1. The van der Waals surface area contributed by atoms with Gasteiger partial charge in [0, 0.05) is 41.6 Å². The highest BCUT2D eigenvalue weighted by atomic mass is 32.1. The molecule has 0 bridgehead atoms. The van der Waals surface area contributed by atoms with E-state index in [1.54, 1.807) is 29.6 Å². The van der Waals surface area contributed by atoms with E-state index >= 15 is 0 Å². The second-order valence-electron chi connectivity index (χ2n) is 7.86. The minimum atomic E-state index is 0.0993. The molecule has 1 aliphatic heterocycles. The zero-order chi connectivity index (χ0) is 21.4. The number of nitrogens with zero attached hydrogens (tertiary/aromatic N) is 2. The van der Waals surface area contributed by atoms with Crippen LogP contribution in [0.4, 0.5) is 0 Å². The summed E-state index contributed by atoms with van der Waals surface area (Å²) in [5.74, 6) is 0.304. The van der Waals surface area contributed by atoms with Crippen molar-refractivity contribution in [1.29, 1.82) is 0 Å². The van der Waals surface area contributed by atoms with Gasteiger partial charge in [0.2, 0.25) is 5.91 Å². The van der Waals surface area contributed by atoms with Gasteiger partial charge in [-0.25, -0.2) is 4.98 Å². The first-order valence-corrected chi connectivity index (χ1v) is 12.0. The molecular formula is C25H22N2O2S2. The fourth-order valence-corrected chi connectivity index (χ4v) is 6.68. The highest BCUT2D eigenvalue weighted by Gasteiger charge is 2.28. The lowest BCUT2D eigenvalue weighted by Gasteiger charge is -2.26. The van der Waals surface area contributed by atoms with Crippen LogP contribution in [0.5, 0.6) is 0 Å². The van der Waals surface area contributed by atoms with E-state index in [0.29, 0.717) is 25.9 Å². The first-order valence-electron chi connectivity index (χ1n) is 10.4. The molecule has 0 atom stereocenters. The number of thiazole rings is 1.